The van der Waals surface area contributed by atoms with Crippen molar-refractivity contribution in [3.05, 3.63) is 58.2 Å². The zero-order valence-electron chi connectivity index (χ0n) is 16.6. The fourth-order valence-electron chi connectivity index (χ4n) is 4.22. The van der Waals surface area contributed by atoms with Crippen molar-refractivity contribution in [1.82, 2.24) is 14.5 Å². The smallest absolute Gasteiger partial charge is 0.264 e. The molecule has 150 valence electrons. The number of aromatic nitrogens is 2. The zero-order valence-corrected chi connectivity index (χ0v) is 17.4. The summed E-state index contributed by atoms with van der Waals surface area (Å²) < 4.78 is 13.8. The number of ether oxygens (including phenoxy) is 2. The van der Waals surface area contributed by atoms with E-state index in [4.69, 9.17) is 9.47 Å². The van der Waals surface area contributed by atoms with Crippen LogP contribution >= 0.6 is 11.3 Å². The SMILES string of the molecule is COc1ccc(-c2cnc3n2CC2(CCN(C(=O)c4ccc(C)s4)C2)OC3)cc1. The lowest BCUT2D eigenvalue weighted by Gasteiger charge is -2.35. The maximum Gasteiger partial charge on any atom is 0.264 e. The maximum atomic E-state index is 12.9. The van der Waals surface area contributed by atoms with Gasteiger partial charge in [-0.05, 0) is 49.7 Å². The first-order valence-corrected chi connectivity index (χ1v) is 10.6. The van der Waals surface area contributed by atoms with Gasteiger partial charge in [0.1, 0.15) is 23.8 Å². The molecule has 2 aliphatic rings. The number of aryl methyl sites for hydroxylation is 1. The van der Waals surface area contributed by atoms with Crippen LogP contribution in [0.3, 0.4) is 0 Å². The predicted molar refractivity (Wildman–Crippen MR) is 111 cm³/mol. The molecule has 1 fully saturated rings. The molecule has 1 atom stereocenters. The molecule has 7 heteroatoms. The van der Waals surface area contributed by atoms with Gasteiger partial charge in [0.2, 0.25) is 0 Å². The van der Waals surface area contributed by atoms with E-state index in [-0.39, 0.29) is 11.5 Å². The number of imidazole rings is 1. The molecule has 1 amide bonds. The number of hydrogen-bond donors (Lipinski definition) is 0. The molecule has 0 N–H and O–H groups in total. The van der Waals surface area contributed by atoms with Crippen molar-refractivity contribution in [2.75, 3.05) is 20.2 Å². The first-order chi connectivity index (χ1) is 14.1. The Hall–Kier alpha value is -2.64. The number of carbonyl (C=O) groups excluding carboxylic acids is 1. The molecule has 2 aromatic heterocycles. The minimum absolute atomic E-state index is 0.107. The maximum absolute atomic E-state index is 12.9. The van der Waals surface area contributed by atoms with Crippen LogP contribution in [-0.2, 0) is 17.9 Å². The van der Waals surface area contributed by atoms with E-state index in [1.165, 1.54) is 0 Å². The van der Waals surface area contributed by atoms with Crippen molar-refractivity contribution in [3.63, 3.8) is 0 Å². The summed E-state index contributed by atoms with van der Waals surface area (Å²) in [6, 6.07) is 11.9. The normalized spacial score (nSPS) is 20.8. The molecule has 5 rings (SSSR count). The fraction of sp³-hybridized carbons (Fsp3) is 0.364. The number of hydrogen-bond acceptors (Lipinski definition) is 5. The van der Waals surface area contributed by atoms with Gasteiger partial charge in [-0.15, -0.1) is 11.3 Å². The highest BCUT2D eigenvalue weighted by Crippen LogP contribution is 2.36. The van der Waals surface area contributed by atoms with Crippen molar-refractivity contribution in [3.8, 4) is 17.0 Å². The molecule has 1 aromatic carbocycles. The molecule has 3 aromatic rings. The van der Waals surface area contributed by atoms with Crippen LogP contribution in [0.4, 0.5) is 0 Å². The molecule has 0 aliphatic carbocycles. The number of methoxy groups -OCH3 is 1. The molecule has 1 unspecified atom stereocenters. The average Bonchev–Trinajstić information content (AvgIpc) is 3.46. The Bertz CT molecular complexity index is 1060. The third-order valence-electron chi connectivity index (χ3n) is 5.83. The zero-order chi connectivity index (χ0) is 20.0. The summed E-state index contributed by atoms with van der Waals surface area (Å²) in [5.74, 6) is 1.87. The Morgan fingerprint density at radius 2 is 2.03 bits per heavy atom. The molecule has 1 spiro atoms. The molecule has 0 radical (unpaired) electrons. The Labute approximate surface area is 173 Å². The van der Waals surface area contributed by atoms with Crippen LogP contribution in [0.5, 0.6) is 5.75 Å². The van der Waals surface area contributed by atoms with Crippen molar-refractivity contribution >= 4 is 17.2 Å². The van der Waals surface area contributed by atoms with E-state index in [2.05, 4.69) is 21.7 Å². The van der Waals surface area contributed by atoms with Crippen LogP contribution in [0.15, 0.2) is 42.6 Å². The van der Waals surface area contributed by atoms with Gasteiger partial charge in [-0.1, -0.05) is 0 Å². The van der Waals surface area contributed by atoms with Gasteiger partial charge in [0.25, 0.3) is 5.91 Å². The van der Waals surface area contributed by atoms with Gasteiger partial charge in [-0.25, -0.2) is 4.98 Å². The number of fused-ring (bicyclic) bond motifs is 1. The monoisotopic (exact) mass is 409 g/mol. The quantitative estimate of drug-likeness (QED) is 0.661. The summed E-state index contributed by atoms with van der Waals surface area (Å²) in [6.07, 6.45) is 2.74. The van der Waals surface area contributed by atoms with E-state index >= 15 is 0 Å². The number of nitrogens with zero attached hydrogens (tertiary/aromatic N) is 3. The molecule has 29 heavy (non-hydrogen) atoms. The van der Waals surface area contributed by atoms with Crippen molar-refractivity contribution in [2.24, 2.45) is 0 Å². The molecule has 0 saturated carbocycles. The highest BCUT2D eigenvalue weighted by atomic mass is 32.1. The Morgan fingerprint density at radius 3 is 2.76 bits per heavy atom. The van der Waals surface area contributed by atoms with Crippen molar-refractivity contribution in [1.29, 1.82) is 0 Å². The van der Waals surface area contributed by atoms with Crippen LogP contribution in [0.2, 0.25) is 0 Å². The van der Waals surface area contributed by atoms with Crippen LogP contribution < -0.4 is 4.74 Å². The molecule has 6 nitrogen and oxygen atoms in total. The lowest BCUT2D eigenvalue weighted by Crippen LogP contribution is -2.45. The first-order valence-electron chi connectivity index (χ1n) is 9.75. The summed E-state index contributed by atoms with van der Waals surface area (Å²) in [4.78, 5) is 21.3. The second kappa shape index (κ2) is 7.00. The van der Waals surface area contributed by atoms with Gasteiger partial charge in [0.05, 0.1) is 37.0 Å². The summed E-state index contributed by atoms with van der Waals surface area (Å²) >= 11 is 1.55. The molecule has 0 bridgehead atoms. The number of benzene rings is 1. The number of likely N-dealkylation sites (tertiary alicyclic amines) is 1. The number of thiophene rings is 1. The first kappa shape index (κ1) is 18.4. The third kappa shape index (κ3) is 3.24. The highest BCUT2D eigenvalue weighted by molar-refractivity contribution is 7.13. The minimum Gasteiger partial charge on any atom is -0.497 e. The topological polar surface area (TPSA) is 56.6 Å². The molecule has 1 saturated heterocycles. The van der Waals surface area contributed by atoms with Crippen LogP contribution in [0.1, 0.15) is 26.8 Å². The number of amides is 1. The van der Waals surface area contributed by atoms with E-state index < -0.39 is 0 Å². The Kier molecular flexibility index (Phi) is 4.44. The van der Waals surface area contributed by atoms with Gasteiger partial charge in [0.15, 0.2) is 0 Å². The second-order valence-corrected chi connectivity index (χ2v) is 9.02. The van der Waals surface area contributed by atoms with Crippen LogP contribution in [0, 0.1) is 6.92 Å². The fourth-order valence-corrected chi connectivity index (χ4v) is 5.05. The number of rotatable bonds is 3. The standard InChI is InChI=1S/C22H23N3O3S/c1-15-3-8-19(29-15)21(26)24-10-9-22(13-24)14-25-18(11-23-20(25)12-28-22)16-4-6-17(27-2)7-5-16/h3-8,11H,9-10,12-14H2,1-2H3. The van der Waals surface area contributed by atoms with Crippen molar-refractivity contribution in [2.45, 2.75) is 32.1 Å². The van der Waals surface area contributed by atoms with Gasteiger partial charge >= 0.3 is 0 Å². The van der Waals surface area contributed by atoms with Crippen LogP contribution in [0.25, 0.3) is 11.3 Å². The van der Waals surface area contributed by atoms with E-state index in [9.17, 15) is 4.79 Å². The summed E-state index contributed by atoms with van der Waals surface area (Å²) in [5, 5.41) is 0. The van der Waals surface area contributed by atoms with E-state index in [0.29, 0.717) is 19.7 Å². The van der Waals surface area contributed by atoms with Gasteiger partial charge in [-0.2, -0.15) is 0 Å². The Morgan fingerprint density at radius 1 is 1.21 bits per heavy atom. The van der Waals surface area contributed by atoms with E-state index in [1.54, 1.807) is 18.4 Å². The molecular formula is C22H23N3O3S. The summed E-state index contributed by atoms with van der Waals surface area (Å²) in [6.45, 7) is 4.53. The van der Waals surface area contributed by atoms with Gasteiger partial charge in [0, 0.05) is 17.0 Å². The average molecular weight is 410 g/mol. The van der Waals surface area contributed by atoms with Crippen molar-refractivity contribution < 1.29 is 14.3 Å². The van der Waals surface area contributed by atoms with Gasteiger partial charge in [-0.3, -0.25) is 4.79 Å². The second-order valence-electron chi connectivity index (χ2n) is 7.73. The minimum atomic E-state index is -0.350. The summed E-state index contributed by atoms with van der Waals surface area (Å²) in [7, 11) is 1.67. The molecular weight excluding hydrogens is 386 g/mol. The lowest BCUT2D eigenvalue weighted by atomic mass is 10.0. The predicted octanol–water partition coefficient (Wildman–Crippen LogP) is 3.74. The third-order valence-corrected chi connectivity index (χ3v) is 6.82. The largest absolute Gasteiger partial charge is 0.497 e. The molecule has 4 heterocycles. The lowest BCUT2D eigenvalue weighted by molar-refractivity contribution is -0.0804. The van der Waals surface area contributed by atoms with E-state index in [0.717, 1.165) is 45.6 Å². The summed E-state index contributed by atoms with van der Waals surface area (Å²) in [5.41, 5.74) is 1.82. The number of carbonyl (C=O) groups is 1. The Balaban J connectivity index is 1.38. The van der Waals surface area contributed by atoms with Crippen LogP contribution in [-0.4, -0.2) is 46.2 Å². The highest BCUT2D eigenvalue weighted by Gasteiger charge is 2.44. The van der Waals surface area contributed by atoms with E-state index in [1.807, 2.05) is 42.3 Å². The van der Waals surface area contributed by atoms with Gasteiger partial charge < -0.3 is 18.9 Å². The molecule has 2 aliphatic heterocycles.